The van der Waals surface area contributed by atoms with E-state index in [2.05, 4.69) is 33.7 Å². The van der Waals surface area contributed by atoms with Crippen LogP contribution >= 0.6 is 0 Å². The molecule has 4 rings (SSSR count). The molecule has 0 saturated carbocycles. The molecule has 4 bridgehead atoms. The molecular formula is C14H28N4. The molecule has 0 aliphatic carbocycles. The second kappa shape index (κ2) is 5.45. The summed E-state index contributed by atoms with van der Waals surface area (Å²) in [7, 11) is 4.49. The minimum Gasteiger partial charge on any atom is -0.301 e. The summed E-state index contributed by atoms with van der Waals surface area (Å²) in [6.45, 7) is 10.5. The van der Waals surface area contributed by atoms with E-state index in [4.69, 9.17) is 0 Å². The fourth-order valence-corrected chi connectivity index (χ4v) is 3.71. The van der Waals surface area contributed by atoms with Crippen LogP contribution in [0.2, 0.25) is 0 Å². The molecule has 4 heterocycles. The summed E-state index contributed by atoms with van der Waals surface area (Å²) in [6.07, 6.45) is 2.80. The van der Waals surface area contributed by atoms with Crippen molar-refractivity contribution in [1.82, 2.24) is 19.6 Å². The molecule has 4 aliphatic rings. The van der Waals surface area contributed by atoms with Crippen LogP contribution in [0.4, 0.5) is 0 Å². The van der Waals surface area contributed by atoms with E-state index >= 15 is 0 Å². The average Bonchev–Trinajstić information content (AvgIpc) is 2.97. The van der Waals surface area contributed by atoms with E-state index in [1.165, 1.54) is 65.2 Å². The molecule has 4 unspecified atom stereocenters. The number of fused-ring (bicyclic) bond motifs is 4. The molecule has 0 radical (unpaired) electrons. The third kappa shape index (κ3) is 2.72. The van der Waals surface area contributed by atoms with Crippen molar-refractivity contribution in [2.75, 3.05) is 66.5 Å². The van der Waals surface area contributed by atoms with Gasteiger partial charge in [-0.3, -0.25) is 0 Å². The second-order valence-corrected chi connectivity index (χ2v) is 6.45. The number of rotatable bonds is 0. The highest BCUT2D eigenvalue weighted by atomic mass is 15.3. The third-order valence-electron chi connectivity index (χ3n) is 5.28. The van der Waals surface area contributed by atoms with E-state index < -0.39 is 0 Å². The summed E-state index contributed by atoms with van der Waals surface area (Å²) in [5, 5.41) is 0. The SMILES string of the molecule is CN1CCN2CCC1C2.CN1CCN2CCC1C2. The molecule has 0 aromatic carbocycles. The summed E-state index contributed by atoms with van der Waals surface area (Å²) in [6, 6.07) is 1.78. The first-order valence-corrected chi connectivity index (χ1v) is 7.57. The Morgan fingerprint density at radius 1 is 0.611 bits per heavy atom. The molecule has 4 heteroatoms. The van der Waals surface area contributed by atoms with Crippen molar-refractivity contribution in [3.63, 3.8) is 0 Å². The highest BCUT2D eigenvalue weighted by molar-refractivity contribution is 4.87. The molecule has 4 fully saturated rings. The van der Waals surface area contributed by atoms with Crippen LogP contribution in [0.1, 0.15) is 12.8 Å². The van der Waals surface area contributed by atoms with Crippen molar-refractivity contribution in [2.24, 2.45) is 0 Å². The van der Waals surface area contributed by atoms with E-state index in [0.717, 1.165) is 12.1 Å². The van der Waals surface area contributed by atoms with Crippen molar-refractivity contribution in [1.29, 1.82) is 0 Å². The van der Waals surface area contributed by atoms with Crippen LogP contribution < -0.4 is 0 Å². The van der Waals surface area contributed by atoms with Gasteiger partial charge in [-0.15, -0.1) is 0 Å². The summed E-state index contributed by atoms with van der Waals surface area (Å²) < 4.78 is 0. The summed E-state index contributed by atoms with van der Waals surface area (Å²) in [4.78, 5) is 10.1. The van der Waals surface area contributed by atoms with Gasteiger partial charge in [-0.2, -0.15) is 0 Å². The molecule has 4 atom stereocenters. The minimum absolute atomic E-state index is 0.888. The Balaban J connectivity index is 0.000000111. The van der Waals surface area contributed by atoms with Gasteiger partial charge in [-0.25, -0.2) is 0 Å². The lowest BCUT2D eigenvalue weighted by molar-refractivity contribution is 0.165. The fourth-order valence-electron chi connectivity index (χ4n) is 3.71. The van der Waals surface area contributed by atoms with Crippen molar-refractivity contribution < 1.29 is 0 Å². The number of hydrogen-bond acceptors (Lipinski definition) is 4. The number of piperazine rings is 2. The number of nitrogens with zero attached hydrogens (tertiary/aromatic N) is 4. The van der Waals surface area contributed by atoms with Gasteiger partial charge in [0.1, 0.15) is 0 Å². The Kier molecular flexibility index (Phi) is 3.89. The summed E-state index contributed by atoms with van der Waals surface area (Å²) in [5.74, 6) is 0. The van der Waals surface area contributed by atoms with Crippen molar-refractivity contribution >= 4 is 0 Å². The van der Waals surface area contributed by atoms with Crippen LogP contribution in [-0.2, 0) is 0 Å². The first-order valence-electron chi connectivity index (χ1n) is 7.57. The van der Waals surface area contributed by atoms with Crippen LogP contribution in [0.3, 0.4) is 0 Å². The largest absolute Gasteiger partial charge is 0.301 e. The third-order valence-corrected chi connectivity index (χ3v) is 5.28. The lowest BCUT2D eigenvalue weighted by atomic mass is 10.2. The lowest BCUT2D eigenvalue weighted by Gasteiger charge is -2.30. The maximum atomic E-state index is 2.56. The second-order valence-electron chi connectivity index (χ2n) is 6.45. The van der Waals surface area contributed by atoms with E-state index in [9.17, 15) is 0 Å². The molecule has 0 N–H and O–H groups in total. The quantitative estimate of drug-likeness (QED) is 0.602. The normalized spacial score (nSPS) is 43.7. The molecular weight excluding hydrogens is 224 g/mol. The standard InChI is InChI=1S/2C7H14N2/c2*1-8-4-5-9-3-2-7(8)6-9/h2*7H,2-6H2,1H3. The summed E-state index contributed by atoms with van der Waals surface area (Å²) in [5.41, 5.74) is 0. The van der Waals surface area contributed by atoms with Crippen LogP contribution in [0.25, 0.3) is 0 Å². The van der Waals surface area contributed by atoms with E-state index in [1.807, 2.05) is 0 Å². The molecule has 0 aromatic rings. The molecule has 0 amide bonds. The highest BCUT2D eigenvalue weighted by Gasteiger charge is 2.30. The Hall–Kier alpha value is -0.160. The van der Waals surface area contributed by atoms with Crippen LogP contribution in [0, 0.1) is 0 Å². The van der Waals surface area contributed by atoms with E-state index in [0.29, 0.717) is 0 Å². The lowest BCUT2D eigenvalue weighted by Crippen LogP contribution is -2.44. The zero-order valence-corrected chi connectivity index (χ0v) is 12.0. The molecule has 18 heavy (non-hydrogen) atoms. The van der Waals surface area contributed by atoms with Gasteiger partial charge in [0.25, 0.3) is 0 Å². The van der Waals surface area contributed by atoms with Crippen LogP contribution in [-0.4, -0.2) is 98.1 Å². The van der Waals surface area contributed by atoms with Gasteiger partial charge < -0.3 is 19.6 Å². The summed E-state index contributed by atoms with van der Waals surface area (Å²) >= 11 is 0. The minimum atomic E-state index is 0.888. The van der Waals surface area contributed by atoms with E-state index in [-0.39, 0.29) is 0 Å². The van der Waals surface area contributed by atoms with Gasteiger partial charge in [-0.05, 0) is 40.0 Å². The van der Waals surface area contributed by atoms with Crippen LogP contribution in [0.15, 0.2) is 0 Å². The topological polar surface area (TPSA) is 13.0 Å². The van der Waals surface area contributed by atoms with Crippen molar-refractivity contribution in [3.05, 3.63) is 0 Å². The Labute approximate surface area is 112 Å². The predicted molar refractivity (Wildman–Crippen MR) is 75.0 cm³/mol. The molecule has 0 spiro atoms. The zero-order chi connectivity index (χ0) is 12.5. The fraction of sp³-hybridized carbons (Fsp3) is 1.00. The van der Waals surface area contributed by atoms with Gasteiger partial charge >= 0.3 is 0 Å². The Morgan fingerprint density at radius 3 is 1.44 bits per heavy atom. The smallest absolute Gasteiger partial charge is 0.0232 e. The molecule has 104 valence electrons. The Morgan fingerprint density at radius 2 is 1.06 bits per heavy atom. The van der Waals surface area contributed by atoms with Gasteiger partial charge in [-0.1, -0.05) is 0 Å². The van der Waals surface area contributed by atoms with Crippen molar-refractivity contribution in [3.8, 4) is 0 Å². The predicted octanol–water partition coefficient (Wildman–Crippen LogP) is 0.0122. The Bertz CT molecular complexity index is 255. The number of hydrogen-bond donors (Lipinski definition) is 0. The van der Waals surface area contributed by atoms with Gasteiger partial charge in [0, 0.05) is 51.4 Å². The molecule has 4 nitrogen and oxygen atoms in total. The first-order chi connectivity index (χ1) is 8.72. The first kappa shape index (κ1) is 12.9. The molecule has 0 aromatic heterocycles. The maximum Gasteiger partial charge on any atom is 0.0232 e. The van der Waals surface area contributed by atoms with E-state index in [1.54, 1.807) is 0 Å². The monoisotopic (exact) mass is 252 g/mol. The molecule has 4 aliphatic heterocycles. The molecule has 4 saturated heterocycles. The van der Waals surface area contributed by atoms with Crippen LogP contribution in [0.5, 0.6) is 0 Å². The van der Waals surface area contributed by atoms with Gasteiger partial charge in [0.15, 0.2) is 0 Å². The zero-order valence-electron chi connectivity index (χ0n) is 12.0. The number of likely N-dealkylation sites (N-methyl/N-ethyl adjacent to an activating group) is 2. The average molecular weight is 252 g/mol. The van der Waals surface area contributed by atoms with Gasteiger partial charge in [0.05, 0.1) is 0 Å². The maximum absolute atomic E-state index is 2.56. The highest BCUT2D eigenvalue weighted by Crippen LogP contribution is 2.18. The van der Waals surface area contributed by atoms with Gasteiger partial charge in [0.2, 0.25) is 0 Å². The van der Waals surface area contributed by atoms with Crippen molar-refractivity contribution in [2.45, 2.75) is 24.9 Å².